The number of hydrogen-bond acceptors (Lipinski definition) is 4. The van der Waals surface area contributed by atoms with Gasteiger partial charge in [-0.3, -0.25) is 9.36 Å². The highest BCUT2D eigenvalue weighted by Gasteiger charge is 2.29. The van der Waals surface area contributed by atoms with Crippen LogP contribution in [0.25, 0.3) is 16.6 Å². The van der Waals surface area contributed by atoms with Crippen molar-refractivity contribution in [2.24, 2.45) is 0 Å². The van der Waals surface area contributed by atoms with Gasteiger partial charge in [-0.05, 0) is 75.1 Å². The molecule has 7 nitrogen and oxygen atoms in total. The number of nitrogens with one attached hydrogen (secondary N) is 1. The third-order valence-corrected chi connectivity index (χ3v) is 7.43. The van der Waals surface area contributed by atoms with Crippen LogP contribution in [0.5, 0.6) is 0 Å². The van der Waals surface area contributed by atoms with Crippen LogP contribution in [0, 0.1) is 0 Å². The van der Waals surface area contributed by atoms with E-state index in [-0.39, 0.29) is 11.6 Å². The maximum absolute atomic E-state index is 13.8. The summed E-state index contributed by atoms with van der Waals surface area (Å²) in [4.78, 5) is 36.2. The van der Waals surface area contributed by atoms with Crippen molar-refractivity contribution in [2.45, 2.75) is 19.4 Å². The van der Waals surface area contributed by atoms with Crippen molar-refractivity contribution in [1.82, 2.24) is 19.4 Å². The van der Waals surface area contributed by atoms with Crippen LogP contribution in [0.1, 0.15) is 25.2 Å². The Morgan fingerprint density at radius 1 is 1.03 bits per heavy atom. The molecule has 2 amide bonds. The average Bonchev–Trinajstić information content (AvgIpc) is 2.89. The molecule has 0 aliphatic carbocycles. The van der Waals surface area contributed by atoms with Crippen molar-refractivity contribution in [1.29, 1.82) is 0 Å². The second-order valence-electron chi connectivity index (χ2n) is 9.08. The fraction of sp³-hybridized carbons (Fsp3) is 0.250. The van der Waals surface area contributed by atoms with E-state index in [2.05, 4.69) is 21.2 Å². The Balaban J connectivity index is 1.86. The number of benzene rings is 3. The van der Waals surface area contributed by atoms with E-state index in [9.17, 15) is 9.59 Å². The van der Waals surface area contributed by atoms with E-state index in [0.717, 1.165) is 4.47 Å². The van der Waals surface area contributed by atoms with E-state index in [4.69, 9.17) is 28.2 Å². The lowest BCUT2D eigenvalue weighted by Gasteiger charge is -2.33. The van der Waals surface area contributed by atoms with Gasteiger partial charge in [0.25, 0.3) is 5.56 Å². The van der Waals surface area contributed by atoms with E-state index < -0.39 is 6.04 Å². The number of halogens is 3. The number of rotatable bonds is 8. The summed E-state index contributed by atoms with van der Waals surface area (Å²) in [5, 5.41) is 4.20. The van der Waals surface area contributed by atoms with Crippen LogP contribution in [0.3, 0.4) is 0 Å². The van der Waals surface area contributed by atoms with Gasteiger partial charge in [0.2, 0.25) is 0 Å². The Kier molecular flexibility index (Phi) is 9.10. The molecule has 0 aliphatic rings. The molecule has 0 bridgehead atoms. The van der Waals surface area contributed by atoms with Gasteiger partial charge >= 0.3 is 6.03 Å². The number of urea groups is 1. The molecule has 4 aromatic rings. The second kappa shape index (κ2) is 12.3. The van der Waals surface area contributed by atoms with Crippen molar-refractivity contribution < 1.29 is 4.79 Å². The highest BCUT2D eigenvalue weighted by atomic mass is 79.9. The molecule has 198 valence electrons. The van der Waals surface area contributed by atoms with Crippen LogP contribution in [0.4, 0.5) is 10.5 Å². The fourth-order valence-electron chi connectivity index (χ4n) is 4.23. The van der Waals surface area contributed by atoms with Crippen molar-refractivity contribution in [3.05, 3.63) is 97.4 Å². The standard InChI is InChI=1S/C28H28BrCl2N5O2/c1-4-25(35(16-15-34(2)3)28(38)32-19-11-14-22(30)23(31)17-19)26-33-24-8-6-5-7-21(24)27(37)36(26)20-12-9-18(29)10-13-20/h5-14,17,25H,4,15-16H2,1-3H3,(H,32,38). The predicted molar refractivity (Wildman–Crippen MR) is 159 cm³/mol. The van der Waals surface area contributed by atoms with E-state index in [0.29, 0.717) is 57.7 Å². The molecule has 38 heavy (non-hydrogen) atoms. The number of hydrogen-bond donors (Lipinski definition) is 1. The number of para-hydroxylation sites is 1. The lowest BCUT2D eigenvalue weighted by molar-refractivity contribution is 0.173. The summed E-state index contributed by atoms with van der Waals surface area (Å²) in [6, 6.07) is 18.8. The minimum Gasteiger partial charge on any atom is -0.313 e. The highest BCUT2D eigenvalue weighted by Crippen LogP contribution is 2.29. The molecule has 0 radical (unpaired) electrons. The van der Waals surface area contributed by atoms with Crippen molar-refractivity contribution in [2.75, 3.05) is 32.5 Å². The molecule has 1 N–H and O–H groups in total. The van der Waals surface area contributed by atoms with Crippen LogP contribution in [-0.4, -0.2) is 52.6 Å². The predicted octanol–water partition coefficient (Wildman–Crippen LogP) is 7.00. The van der Waals surface area contributed by atoms with Gasteiger partial charge < -0.3 is 15.1 Å². The summed E-state index contributed by atoms with van der Waals surface area (Å²) in [5.41, 5.74) is 1.58. The lowest BCUT2D eigenvalue weighted by Crippen LogP contribution is -2.43. The molecule has 0 fully saturated rings. The molecule has 0 aliphatic heterocycles. The maximum atomic E-state index is 13.8. The zero-order valence-corrected chi connectivity index (χ0v) is 24.4. The van der Waals surface area contributed by atoms with Gasteiger partial charge in [0.05, 0.1) is 32.7 Å². The minimum atomic E-state index is -0.501. The maximum Gasteiger partial charge on any atom is 0.322 e. The van der Waals surface area contributed by atoms with Gasteiger partial charge in [0.1, 0.15) is 5.82 Å². The molecule has 0 saturated carbocycles. The van der Waals surface area contributed by atoms with E-state index in [1.54, 1.807) is 33.7 Å². The molecule has 1 atom stereocenters. The van der Waals surface area contributed by atoms with Crippen LogP contribution in [0.2, 0.25) is 10.0 Å². The number of anilines is 1. The van der Waals surface area contributed by atoms with E-state index in [1.807, 2.05) is 68.4 Å². The molecular formula is C28H28BrCl2N5O2. The zero-order chi connectivity index (χ0) is 27.4. The molecule has 0 saturated heterocycles. The van der Waals surface area contributed by atoms with Crippen LogP contribution in [-0.2, 0) is 0 Å². The minimum absolute atomic E-state index is 0.191. The second-order valence-corrected chi connectivity index (χ2v) is 10.8. The summed E-state index contributed by atoms with van der Waals surface area (Å²) in [6.45, 7) is 3.00. The average molecular weight is 617 g/mol. The monoisotopic (exact) mass is 615 g/mol. The Hall–Kier alpha value is -2.91. The first-order valence-electron chi connectivity index (χ1n) is 12.1. The summed E-state index contributed by atoms with van der Waals surface area (Å²) < 4.78 is 2.50. The number of carbonyl (C=O) groups is 1. The van der Waals surface area contributed by atoms with Crippen molar-refractivity contribution in [3.63, 3.8) is 0 Å². The normalized spacial score (nSPS) is 12.1. The number of likely N-dealkylation sites (N-methyl/N-ethyl adjacent to an activating group) is 1. The first kappa shape index (κ1) is 28.1. The first-order valence-corrected chi connectivity index (χ1v) is 13.7. The first-order chi connectivity index (χ1) is 18.2. The Morgan fingerprint density at radius 3 is 2.39 bits per heavy atom. The summed E-state index contributed by atoms with van der Waals surface area (Å²) in [7, 11) is 3.89. The van der Waals surface area contributed by atoms with Gasteiger partial charge in [-0.15, -0.1) is 0 Å². The molecule has 4 rings (SSSR count). The summed E-state index contributed by atoms with van der Waals surface area (Å²) in [6.07, 6.45) is 0.531. The third-order valence-electron chi connectivity index (χ3n) is 6.17. The quantitative estimate of drug-likeness (QED) is 0.231. The molecule has 3 aromatic carbocycles. The van der Waals surface area contributed by atoms with E-state index >= 15 is 0 Å². The van der Waals surface area contributed by atoms with Gasteiger partial charge in [-0.2, -0.15) is 0 Å². The highest BCUT2D eigenvalue weighted by molar-refractivity contribution is 9.10. The molecule has 1 unspecified atom stereocenters. The number of fused-ring (bicyclic) bond motifs is 1. The van der Waals surface area contributed by atoms with Gasteiger partial charge in [-0.1, -0.05) is 58.2 Å². The smallest absolute Gasteiger partial charge is 0.313 e. The molecule has 1 heterocycles. The largest absolute Gasteiger partial charge is 0.322 e. The Bertz CT molecular complexity index is 1510. The van der Waals surface area contributed by atoms with Gasteiger partial charge in [0, 0.05) is 23.2 Å². The van der Waals surface area contributed by atoms with E-state index in [1.165, 1.54) is 0 Å². The molecule has 0 spiro atoms. The zero-order valence-electron chi connectivity index (χ0n) is 21.3. The fourth-order valence-corrected chi connectivity index (χ4v) is 4.79. The van der Waals surface area contributed by atoms with Gasteiger partial charge in [0.15, 0.2) is 0 Å². The van der Waals surface area contributed by atoms with Crippen molar-refractivity contribution in [3.8, 4) is 5.69 Å². The topological polar surface area (TPSA) is 70.5 Å². The van der Waals surface area contributed by atoms with Crippen LogP contribution in [0.15, 0.2) is 76.0 Å². The lowest BCUT2D eigenvalue weighted by atomic mass is 10.1. The summed E-state index contributed by atoms with van der Waals surface area (Å²) in [5.74, 6) is 0.488. The Labute approximate surface area is 240 Å². The molecule has 10 heteroatoms. The number of amides is 2. The number of nitrogens with zero attached hydrogens (tertiary/aromatic N) is 4. The Morgan fingerprint density at radius 2 is 1.74 bits per heavy atom. The molecular weight excluding hydrogens is 589 g/mol. The summed E-state index contributed by atoms with van der Waals surface area (Å²) >= 11 is 15.7. The number of aromatic nitrogens is 2. The van der Waals surface area contributed by atoms with Crippen LogP contribution < -0.4 is 10.9 Å². The third kappa shape index (κ3) is 6.21. The molecule has 1 aromatic heterocycles. The van der Waals surface area contributed by atoms with Crippen molar-refractivity contribution >= 4 is 61.8 Å². The number of carbonyl (C=O) groups excluding carboxylic acids is 1. The van der Waals surface area contributed by atoms with Gasteiger partial charge in [-0.25, -0.2) is 9.78 Å². The SMILES string of the molecule is CCC(c1nc2ccccc2c(=O)n1-c1ccc(Br)cc1)N(CCN(C)C)C(=O)Nc1ccc(Cl)c(Cl)c1. The van der Waals surface area contributed by atoms with Crippen LogP contribution >= 0.6 is 39.1 Å².